The van der Waals surface area contributed by atoms with E-state index in [2.05, 4.69) is 9.97 Å². The smallest absolute Gasteiger partial charge is 0.410 e. The van der Waals surface area contributed by atoms with E-state index in [1.165, 1.54) is 0 Å². The Labute approximate surface area is 148 Å². The lowest BCUT2D eigenvalue weighted by molar-refractivity contribution is 0.0163. The van der Waals surface area contributed by atoms with Gasteiger partial charge in [0.25, 0.3) is 0 Å². The highest BCUT2D eigenvalue weighted by atomic mass is 16.6. The van der Waals surface area contributed by atoms with Gasteiger partial charge in [0, 0.05) is 24.7 Å². The van der Waals surface area contributed by atoms with Gasteiger partial charge < -0.3 is 14.4 Å². The molecule has 0 atom stereocenters. The van der Waals surface area contributed by atoms with E-state index < -0.39 is 5.60 Å². The van der Waals surface area contributed by atoms with Crippen molar-refractivity contribution in [3.63, 3.8) is 0 Å². The average Bonchev–Trinajstić information content (AvgIpc) is 2.59. The summed E-state index contributed by atoms with van der Waals surface area (Å²) in [5.41, 5.74) is 0.428. The number of carbonyl (C=O) groups excluding carboxylic acids is 1. The van der Waals surface area contributed by atoms with Gasteiger partial charge in [-0.05, 0) is 45.6 Å². The van der Waals surface area contributed by atoms with Crippen molar-refractivity contribution in [3.8, 4) is 6.01 Å². The molecule has 0 aliphatic carbocycles. The predicted octanol–water partition coefficient (Wildman–Crippen LogP) is 3.66. The zero-order valence-corrected chi connectivity index (χ0v) is 15.1. The van der Waals surface area contributed by atoms with Crippen molar-refractivity contribution in [2.24, 2.45) is 5.92 Å². The van der Waals surface area contributed by atoms with Crippen LogP contribution in [0, 0.1) is 5.92 Å². The maximum atomic E-state index is 12.1. The van der Waals surface area contributed by atoms with Crippen molar-refractivity contribution in [1.82, 2.24) is 14.9 Å². The molecule has 6 nitrogen and oxygen atoms in total. The Balaban J connectivity index is 1.48. The second-order valence-electron chi connectivity index (χ2n) is 7.43. The Morgan fingerprint density at radius 1 is 1.24 bits per heavy atom. The van der Waals surface area contributed by atoms with Crippen molar-refractivity contribution in [1.29, 1.82) is 0 Å². The monoisotopic (exact) mass is 343 g/mol. The van der Waals surface area contributed by atoms with Gasteiger partial charge in [-0.1, -0.05) is 18.2 Å². The summed E-state index contributed by atoms with van der Waals surface area (Å²) in [6.07, 6.45) is 3.34. The number of hydrogen-bond acceptors (Lipinski definition) is 5. The van der Waals surface area contributed by atoms with Crippen molar-refractivity contribution < 1.29 is 14.3 Å². The molecule has 1 amide bonds. The fraction of sp³-hybridized carbons (Fsp3) is 0.526. The number of para-hydroxylation sites is 1. The van der Waals surface area contributed by atoms with Crippen LogP contribution in [0.3, 0.4) is 0 Å². The van der Waals surface area contributed by atoms with Crippen LogP contribution in [-0.4, -0.2) is 46.3 Å². The summed E-state index contributed by atoms with van der Waals surface area (Å²) < 4.78 is 11.2. The van der Waals surface area contributed by atoms with E-state index in [0.29, 0.717) is 31.6 Å². The minimum Gasteiger partial charge on any atom is -0.463 e. The lowest BCUT2D eigenvalue weighted by Crippen LogP contribution is -2.42. The number of carbonyl (C=O) groups is 1. The molecule has 1 aliphatic heterocycles. The number of hydrogen-bond donors (Lipinski definition) is 0. The number of amides is 1. The molecular formula is C19H25N3O3. The first-order valence-electron chi connectivity index (χ1n) is 8.73. The van der Waals surface area contributed by atoms with E-state index in [9.17, 15) is 4.79 Å². The first-order chi connectivity index (χ1) is 11.9. The normalized spacial score (nSPS) is 16.0. The minimum atomic E-state index is -0.454. The quantitative estimate of drug-likeness (QED) is 0.851. The lowest BCUT2D eigenvalue weighted by atomic mass is 9.98. The van der Waals surface area contributed by atoms with E-state index in [4.69, 9.17) is 9.47 Å². The zero-order valence-electron chi connectivity index (χ0n) is 15.1. The van der Waals surface area contributed by atoms with Gasteiger partial charge in [-0.3, -0.25) is 0 Å². The molecule has 0 unspecified atom stereocenters. The van der Waals surface area contributed by atoms with Crippen LogP contribution >= 0.6 is 0 Å². The third-order valence-corrected chi connectivity index (χ3v) is 4.18. The topological polar surface area (TPSA) is 64.5 Å². The Bertz CT molecular complexity index is 734. The third-order valence-electron chi connectivity index (χ3n) is 4.18. The molecule has 1 aliphatic rings. The summed E-state index contributed by atoms with van der Waals surface area (Å²) in [6, 6.07) is 8.25. The third kappa shape index (κ3) is 4.81. The molecule has 25 heavy (non-hydrogen) atoms. The summed E-state index contributed by atoms with van der Waals surface area (Å²) in [7, 11) is 0. The van der Waals surface area contributed by atoms with Crippen LogP contribution in [0.1, 0.15) is 33.6 Å². The minimum absolute atomic E-state index is 0.232. The van der Waals surface area contributed by atoms with Crippen molar-refractivity contribution in [2.75, 3.05) is 19.7 Å². The van der Waals surface area contributed by atoms with E-state index in [1.807, 2.05) is 45.0 Å². The predicted molar refractivity (Wildman–Crippen MR) is 95.6 cm³/mol. The molecule has 1 fully saturated rings. The molecule has 3 rings (SSSR count). The first-order valence-corrected chi connectivity index (χ1v) is 8.73. The molecule has 1 saturated heterocycles. The maximum absolute atomic E-state index is 12.1. The van der Waals surface area contributed by atoms with Gasteiger partial charge in [0.15, 0.2) is 0 Å². The van der Waals surface area contributed by atoms with Crippen LogP contribution in [0.5, 0.6) is 6.01 Å². The fourth-order valence-corrected chi connectivity index (χ4v) is 2.83. The number of rotatable bonds is 3. The molecular weight excluding hydrogens is 318 g/mol. The molecule has 0 bridgehead atoms. The molecule has 0 N–H and O–H groups in total. The Kier molecular flexibility index (Phi) is 5.06. The highest BCUT2D eigenvalue weighted by Gasteiger charge is 2.27. The van der Waals surface area contributed by atoms with Crippen LogP contribution in [0.15, 0.2) is 30.5 Å². The number of ether oxygens (including phenoxy) is 2. The Morgan fingerprint density at radius 2 is 1.96 bits per heavy atom. The second-order valence-corrected chi connectivity index (χ2v) is 7.43. The number of benzene rings is 1. The SMILES string of the molecule is CC(C)(C)OC(=O)N1CCC(COc2ncc3ccccc3n2)CC1. The highest BCUT2D eigenvalue weighted by Crippen LogP contribution is 2.21. The zero-order chi connectivity index (χ0) is 17.9. The van der Waals surface area contributed by atoms with Gasteiger partial charge in [-0.15, -0.1) is 0 Å². The molecule has 6 heteroatoms. The van der Waals surface area contributed by atoms with E-state index in [-0.39, 0.29) is 6.09 Å². The van der Waals surface area contributed by atoms with Crippen LogP contribution in [0.4, 0.5) is 4.79 Å². The number of aromatic nitrogens is 2. The summed E-state index contributed by atoms with van der Waals surface area (Å²) in [5.74, 6) is 0.397. The largest absolute Gasteiger partial charge is 0.463 e. The summed E-state index contributed by atoms with van der Waals surface area (Å²) in [6.45, 7) is 7.61. The number of nitrogens with zero attached hydrogens (tertiary/aromatic N) is 3. The van der Waals surface area contributed by atoms with Gasteiger partial charge >= 0.3 is 12.1 Å². The number of likely N-dealkylation sites (tertiary alicyclic amines) is 1. The average molecular weight is 343 g/mol. The lowest BCUT2D eigenvalue weighted by Gasteiger charge is -2.33. The van der Waals surface area contributed by atoms with Gasteiger partial charge in [0.2, 0.25) is 0 Å². The van der Waals surface area contributed by atoms with Crippen LogP contribution in [-0.2, 0) is 4.74 Å². The highest BCUT2D eigenvalue weighted by molar-refractivity contribution is 5.77. The van der Waals surface area contributed by atoms with Gasteiger partial charge in [-0.2, -0.15) is 4.98 Å². The van der Waals surface area contributed by atoms with Gasteiger partial charge in [0.1, 0.15) is 5.60 Å². The van der Waals surface area contributed by atoms with Crippen LogP contribution < -0.4 is 4.74 Å². The molecule has 2 aromatic rings. The molecule has 0 saturated carbocycles. The Morgan fingerprint density at radius 3 is 2.68 bits per heavy atom. The molecule has 2 heterocycles. The molecule has 0 spiro atoms. The summed E-state index contributed by atoms with van der Waals surface area (Å²) >= 11 is 0. The number of fused-ring (bicyclic) bond motifs is 1. The molecule has 0 radical (unpaired) electrons. The van der Waals surface area contributed by atoms with Crippen molar-refractivity contribution >= 4 is 17.0 Å². The summed E-state index contributed by atoms with van der Waals surface area (Å²) in [5, 5.41) is 1.00. The Hall–Kier alpha value is -2.37. The van der Waals surface area contributed by atoms with E-state index >= 15 is 0 Å². The van der Waals surface area contributed by atoms with E-state index in [1.54, 1.807) is 11.1 Å². The summed E-state index contributed by atoms with van der Waals surface area (Å²) in [4.78, 5) is 22.5. The van der Waals surface area contributed by atoms with Crippen molar-refractivity contribution in [2.45, 2.75) is 39.2 Å². The van der Waals surface area contributed by atoms with Crippen LogP contribution in [0.25, 0.3) is 10.9 Å². The van der Waals surface area contributed by atoms with Gasteiger partial charge in [-0.25, -0.2) is 9.78 Å². The second kappa shape index (κ2) is 7.25. The van der Waals surface area contributed by atoms with Gasteiger partial charge in [0.05, 0.1) is 12.1 Å². The first kappa shape index (κ1) is 17.5. The van der Waals surface area contributed by atoms with E-state index in [0.717, 1.165) is 23.7 Å². The fourth-order valence-electron chi connectivity index (χ4n) is 2.83. The van der Waals surface area contributed by atoms with Crippen LogP contribution in [0.2, 0.25) is 0 Å². The number of piperidine rings is 1. The molecule has 1 aromatic heterocycles. The molecule has 134 valence electrons. The molecule has 1 aromatic carbocycles. The maximum Gasteiger partial charge on any atom is 0.410 e. The van der Waals surface area contributed by atoms with Crippen molar-refractivity contribution in [3.05, 3.63) is 30.5 Å². The standard InChI is InChI=1S/C19H25N3O3/c1-19(2,3)25-18(23)22-10-8-14(9-11-22)13-24-17-20-12-15-6-4-5-7-16(15)21-17/h4-7,12,14H,8-11,13H2,1-3H3.